The predicted octanol–water partition coefficient (Wildman–Crippen LogP) is 3.44. The SMILES string of the molecule is CC(Nc1ccc(N)cc1I)c1cccnc1. The number of anilines is 2. The fourth-order valence-electron chi connectivity index (χ4n) is 1.60. The third kappa shape index (κ3) is 3.09. The molecule has 0 saturated heterocycles. The molecule has 0 saturated carbocycles. The largest absolute Gasteiger partial charge is 0.399 e. The molecule has 2 rings (SSSR count). The fourth-order valence-corrected chi connectivity index (χ4v) is 2.29. The lowest BCUT2D eigenvalue weighted by Crippen LogP contribution is -2.08. The first kappa shape index (κ1) is 12.2. The van der Waals surface area contributed by atoms with E-state index in [1.54, 1.807) is 6.20 Å². The van der Waals surface area contributed by atoms with Crippen molar-refractivity contribution in [1.82, 2.24) is 4.98 Å². The Balaban J connectivity index is 2.16. The van der Waals surface area contributed by atoms with E-state index in [1.165, 1.54) is 5.56 Å². The Morgan fingerprint density at radius 3 is 2.82 bits per heavy atom. The molecule has 0 radical (unpaired) electrons. The Morgan fingerprint density at radius 1 is 1.35 bits per heavy atom. The van der Waals surface area contributed by atoms with Gasteiger partial charge in [0.15, 0.2) is 0 Å². The van der Waals surface area contributed by atoms with Crippen molar-refractivity contribution in [3.8, 4) is 0 Å². The van der Waals surface area contributed by atoms with Gasteiger partial charge in [0.1, 0.15) is 0 Å². The summed E-state index contributed by atoms with van der Waals surface area (Å²) in [5.74, 6) is 0. The van der Waals surface area contributed by atoms with Crippen LogP contribution in [0.4, 0.5) is 11.4 Å². The molecule has 0 amide bonds. The molecule has 0 bridgehead atoms. The molecule has 1 aromatic heterocycles. The minimum absolute atomic E-state index is 0.223. The highest BCUT2D eigenvalue weighted by molar-refractivity contribution is 14.1. The Morgan fingerprint density at radius 2 is 2.18 bits per heavy atom. The van der Waals surface area contributed by atoms with Crippen molar-refractivity contribution in [1.29, 1.82) is 0 Å². The van der Waals surface area contributed by atoms with Gasteiger partial charge in [0.2, 0.25) is 0 Å². The first-order valence-electron chi connectivity index (χ1n) is 5.38. The third-order valence-electron chi connectivity index (χ3n) is 2.55. The molecule has 2 aromatic rings. The highest BCUT2D eigenvalue weighted by atomic mass is 127. The minimum atomic E-state index is 0.223. The van der Waals surface area contributed by atoms with E-state index in [-0.39, 0.29) is 6.04 Å². The van der Waals surface area contributed by atoms with Gasteiger partial charge >= 0.3 is 0 Å². The zero-order valence-electron chi connectivity index (χ0n) is 9.52. The fraction of sp³-hybridized carbons (Fsp3) is 0.154. The quantitative estimate of drug-likeness (QED) is 0.665. The molecule has 1 unspecified atom stereocenters. The normalized spacial score (nSPS) is 12.1. The average molecular weight is 339 g/mol. The van der Waals surface area contributed by atoms with Crippen molar-refractivity contribution in [3.63, 3.8) is 0 Å². The highest BCUT2D eigenvalue weighted by Gasteiger charge is 2.07. The summed E-state index contributed by atoms with van der Waals surface area (Å²) in [6.07, 6.45) is 3.66. The van der Waals surface area contributed by atoms with Crippen LogP contribution in [0.15, 0.2) is 42.7 Å². The zero-order chi connectivity index (χ0) is 12.3. The highest BCUT2D eigenvalue weighted by Crippen LogP contribution is 2.25. The molecular weight excluding hydrogens is 325 g/mol. The number of nitrogen functional groups attached to an aromatic ring is 1. The number of halogens is 1. The standard InChI is InChI=1S/C13H14IN3/c1-9(10-3-2-6-16-8-10)17-13-5-4-11(15)7-12(13)14/h2-9,17H,15H2,1H3. The molecule has 3 nitrogen and oxygen atoms in total. The van der Waals surface area contributed by atoms with Crippen LogP contribution >= 0.6 is 22.6 Å². The molecule has 1 heterocycles. The van der Waals surface area contributed by atoms with E-state index in [0.29, 0.717) is 0 Å². The smallest absolute Gasteiger partial charge is 0.0501 e. The number of benzene rings is 1. The average Bonchev–Trinajstić information content (AvgIpc) is 2.34. The van der Waals surface area contributed by atoms with Crippen LogP contribution < -0.4 is 11.1 Å². The minimum Gasteiger partial charge on any atom is -0.399 e. The maximum atomic E-state index is 5.73. The summed E-state index contributed by atoms with van der Waals surface area (Å²) in [5, 5.41) is 3.45. The second kappa shape index (κ2) is 5.35. The van der Waals surface area contributed by atoms with E-state index < -0.39 is 0 Å². The number of aromatic nitrogens is 1. The Kier molecular flexibility index (Phi) is 3.83. The lowest BCUT2D eigenvalue weighted by atomic mass is 10.1. The molecule has 0 fully saturated rings. The van der Waals surface area contributed by atoms with E-state index in [0.717, 1.165) is 14.9 Å². The molecule has 0 aliphatic carbocycles. The third-order valence-corrected chi connectivity index (χ3v) is 3.44. The Labute approximate surface area is 115 Å². The van der Waals surface area contributed by atoms with Crippen LogP contribution in [0.1, 0.15) is 18.5 Å². The van der Waals surface area contributed by atoms with Gasteiger partial charge in [0, 0.05) is 27.3 Å². The van der Waals surface area contributed by atoms with Gasteiger partial charge in [-0.15, -0.1) is 0 Å². The summed E-state index contributed by atoms with van der Waals surface area (Å²) < 4.78 is 1.12. The lowest BCUT2D eigenvalue weighted by molar-refractivity contribution is 0.874. The number of nitrogens with one attached hydrogen (secondary N) is 1. The number of rotatable bonds is 3. The monoisotopic (exact) mass is 339 g/mol. The summed E-state index contributed by atoms with van der Waals surface area (Å²) in [5.41, 5.74) is 8.77. The van der Waals surface area contributed by atoms with E-state index >= 15 is 0 Å². The van der Waals surface area contributed by atoms with Crippen LogP contribution in [0.2, 0.25) is 0 Å². The maximum absolute atomic E-state index is 5.73. The van der Waals surface area contributed by atoms with Gasteiger partial charge in [-0.2, -0.15) is 0 Å². The maximum Gasteiger partial charge on any atom is 0.0501 e. The summed E-state index contributed by atoms with van der Waals surface area (Å²) >= 11 is 2.28. The van der Waals surface area contributed by atoms with Crippen LogP contribution in [0.3, 0.4) is 0 Å². The first-order chi connectivity index (χ1) is 8.16. The van der Waals surface area contributed by atoms with E-state index in [1.807, 2.05) is 30.5 Å². The van der Waals surface area contributed by atoms with E-state index in [2.05, 4.69) is 45.9 Å². The van der Waals surface area contributed by atoms with E-state index in [4.69, 9.17) is 5.73 Å². The van der Waals surface area contributed by atoms with Crippen molar-refractivity contribution in [3.05, 3.63) is 51.9 Å². The second-order valence-corrected chi connectivity index (χ2v) is 5.05. The lowest BCUT2D eigenvalue weighted by Gasteiger charge is -2.16. The number of nitrogens with zero attached hydrogens (tertiary/aromatic N) is 1. The van der Waals surface area contributed by atoms with Gasteiger partial charge in [-0.1, -0.05) is 6.07 Å². The predicted molar refractivity (Wildman–Crippen MR) is 79.8 cm³/mol. The zero-order valence-corrected chi connectivity index (χ0v) is 11.7. The van der Waals surface area contributed by atoms with Gasteiger partial charge in [0.25, 0.3) is 0 Å². The topological polar surface area (TPSA) is 50.9 Å². The van der Waals surface area contributed by atoms with Gasteiger partial charge in [0.05, 0.1) is 6.04 Å². The van der Waals surface area contributed by atoms with Crippen molar-refractivity contribution in [2.45, 2.75) is 13.0 Å². The molecule has 0 aliphatic rings. The van der Waals surface area contributed by atoms with Crippen molar-refractivity contribution >= 4 is 34.0 Å². The van der Waals surface area contributed by atoms with Crippen LogP contribution in [0.25, 0.3) is 0 Å². The van der Waals surface area contributed by atoms with Crippen molar-refractivity contribution in [2.75, 3.05) is 11.1 Å². The van der Waals surface area contributed by atoms with Gasteiger partial charge in [-0.25, -0.2) is 0 Å². The molecule has 0 spiro atoms. The summed E-state index contributed by atoms with van der Waals surface area (Å²) in [7, 11) is 0. The van der Waals surface area contributed by atoms with Gasteiger partial charge in [-0.3, -0.25) is 4.98 Å². The van der Waals surface area contributed by atoms with Crippen molar-refractivity contribution in [2.24, 2.45) is 0 Å². The molecule has 17 heavy (non-hydrogen) atoms. The number of pyridine rings is 1. The van der Waals surface area contributed by atoms with Crippen LogP contribution in [-0.4, -0.2) is 4.98 Å². The summed E-state index contributed by atoms with van der Waals surface area (Å²) in [6.45, 7) is 2.11. The summed E-state index contributed by atoms with van der Waals surface area (Å²) in [4.78, 5) is 4.12. The molecule has 1 aromatic carbocycles. The number of hydrogen-bond donors (Lipinski definition) is 2. The summed E-state index contributed by atoms with van der Waals surface area (Å²) in [6, 6.07) is 10.1. The molecule has 3 N–H and O–H groups in total. The Hall–Kier alpha value is -1.30. The number of hydrogen-bond acceptors (Lipinski definition) is 3. The first-order valence-corrected chi connectivity index (χ1v) is 6.46. The molecule has 0 aliphatic heterocycles. The molecule has 4 heteroatoms. The Bertz CT molecular complexity index is 499. The molecule has 1 atom stereocenters. The molecular formula is C13H14IN3. The van der Waals surface area contributed by atoms with Crippen LogP contribution in [0.5, 0.6) is 0 Å². The van der Waals surface area contributed by atoms with Gasteiger partial charge in [-0.05, 0) is 59.3 Å². The molecule has 88 valence electrons. The van der Waals surface area contributed by atoms with Crippen molar-refractivity contribution < 1.29 is 0 Å². The second-order valence-electron chi connectivity index (χ2n) is 3.89. The van der Waals surface area contributed by atoms with Crippen LogP contribution in [0, 0.1) is 3.57 Å². The van der Waals surface area contributed by atoms with Crippen LogP contribution in [-0.2, 0) is 0 Å². The van der Waals surface area contributed by atoms with Gasteiger partial charge < -0.3 is 11.1 Å². The number of nitrogens with two attached hydrogens (primary N) is 1. The van der Waals surface area contributed by atoms with E-state index in [9.17, 15) is 0 Å².